The van der Waals surface area contributed by atoms with Gasteiger partial charge in [0.25, 0.3) is 11.8 Å². The summed E-state index contributed by atoms with van der Waals surface area (Å²) in [5.41, 5.74) is -1.52. The lowest BCUT2D eigenvalue weighted by molar-refractivity contribution is -0.171. The van der Waals surface area contributed by atoms with E-state index in [2.05, 4.69) is 5.32 Å². The smallest absolute Gasteiger partial charge is 0.432 e. The lowest BCUT2D eigenvalue weighted by Gasteiger charge is -2.25. The normalized spacial score (nSPS) is 15.9. The average Bonchev–Trinajstić information content (AvgIpc) is 2.79. The van der Waals surface area contributed by atoms with Crippen LogP contribution in [0.15, 0.2) is 0 Å². The molecule has 0 spiro atoms. The predicted molar refractivity (Wildman–Crippen MR) is 95.4 cm³/mol. The Morgan fingerprint density at radius 1 is 0.964 bits per heavy atom. The number of rotatable bonds is 6. The van der Waals surface area contributed by atoms with E-state index in [0.717, 1.165) is 0 Å². The molecule has 1 heterocycles. The largest absolute Gasteiger partial charge is 0.460 e. The number of ether oxygens (including phenoxy) is 2. The Morgan fingerprint density at radius 3 is 1.93 bits per heavy atom. The van der Waals surface area contributed by atoms with Crippen molar-refractivity contribution in [3.63, 3.8) is 0 Å². The van der Waals surface area contributed by atoms with Crippen LogP contribution >= 0.6 is 0 Å². The number of hydroxylamine groups is 2. The fourth-order valence-corrected chi connectivity index (χ4v) is 2.19. The van der Waals surface area contributed by atoms with Gasteiger partial charge in [0, 0.05) is 19.3 Å². The molecule has 0 radical (unpaired) electrons. The van der Waals surface area contributed by atoms with Crippen LogP contribution in [0.2, 0.25) is 0 Å². The summed E-state index contributed by atoms with van der Waals surface area (Å²) in [6.45, 7) is 10.1. The van der Waals surface area contributed by atoms with Gasteiger partial charge in [0.1, 0.15) is 17.2 Å². The maximum absolute atomic E-state index is 12.4. The molecule has 1 aliphatic rings. The predicted octanol–water partition coefficient (Wildman–Crippen LogP) is 1.61. The van der Waals surface area contributed by atoms with Crippen LogP contribution in [0.1, 0.15) is 67.2 Å². The molecule has 10 nitrogen and oxygen atoms in total. The number of nitrogens with one attached hydrogen (secondary N) is 1. The van der Waals surface area contributed by atoms with E-state index in [0.29, 0.717) is 5.06 Å². The van der Waals surface area contributed by atoms with Gasteiger partial charge in [-0.2, -0.15) is 0 Å². The summed E-state index contributed by atoms with van der Waals surface area (Å²) >= 11 is 0. The van der Waals surface area contributed by atoms with Gasteiger partial charge in [-0.3, -0.25) is 14.4 Å². The van der Waals surface area contributed by atoms with E-state index < -0.39 is 47.1 Å². The third-order valence-electron chi connectivity index (χ3n) is 3.22. The van der Waals surface area contributed by atoms with Gasteiger partial charge in [0.05, 0.1) is 0 Å². The highest BCUT2D eigenvalue weighted by molar-refractivity contribution is 6.01. The molecule has 28 heavy (non-hydrogen) atoms. The highest BCUT2D eigenvalue weighted by Gasteiger charge is 2.35. The molecule has 0 saturated carbocycles. The van der Waals surface area contributed by atoms with Gasteiger partial charge in [-0.25, -0.2) is 9.59 Å². The SMILES string of the molecule is CC(C)(C)OC(=O)CC[C@H](NC(=O)ON1C(=O)CCC1=O)C(=O)OC(C)(C)C. The molecule has 1 atom stereocenters. The monoisotopic (exact) mass is 400 g/mol. The Labute approximate surface area is 163 Å². The van der Waals surface area contributed by atoms with E-state index in [1.165, 1.54) is 0 Å². The number of amides is 3. The van der Waals surface area contributed by atoms with Crippen LogP contribution in [0.4, 0.5) is 4.79 Å². The molecule has 1 rings (SSSR count). The van der Waals surface area contributed by atoms with Crippen molar-refractivity contribution in [2.45, 2.75) is 84.5 Å². The Balaban J connectivity index is 2.75. The lowest BCUT2D eigenvalue weighted by atomic mass is 10.1. The van der Waals surface area contributed by atoms with Crippen LogP contribution < -0.4 is 5.32 Å². The Hall–Kier alpha value is -2.65. The maximum atomic E-state index is 12.4. The number of imide groups is 1. The molecule has 0 bridgehead atoms. The fourth-order valence-electron chi connectivity index (χ4n) is 2.19. The van der Waals surface area contributed by atoms with Crippen molar-refractivity contribution in [1.29, 1.82) is 0 Å². The molecule has 0 unspecified atom stereocenters. The summed E-state index contributed by atoms with van der Waals surface area (Å²) in [4.78, 5) is 64.1. The molecule has 10 heteroatoms. The van der Waals surface area contributed by atoms with Gasteiger partial charge in [-0.05, 0) is 48.0 Å². The third-order valence-corrected chi connectivity index (χ3v) is 3.22. The Morgan fingerprint density at radius 2 is 1.46 bits per heavy atom. The van der Waals surface area contributed by atoms with Gasteiger partial charge in [-0.1, -0.05) is 0 Å². The molecule has 1 aliphatic heterocycles. The number of nitrogens with zero attached hydrogens (tertiary/aromatic N) is 1. The minimum Gasteiger partial charge on any atom is -0.460 e. The fraction of sp³-hybridized carbons (Fsp3) is 0.722. The highest BCUT2D eigenvalue weighted by Crippen LogP contribution is 2.15. The van der Waals surface area contributed by atoms with Crippen molar-refractivity contribution in [1.82, 2.24) is 10.4 Å². The van der Waals surface area contributed by atoms with Crippen molar-refractivity contribution in [3.8, 4) is 0 Å². The Kier molecular flexibility index (Phi) is 7.54. The molecule has 1 N–H and O–H groups in total. The van der Waals surface area contributed by atoms with Gasteiger partial charge in [0.15, 0.2) is 0 Å². The standard InChI is InChI=1S/C18H28N2O8/c1-17(2,3)26-14(23)10-7-11(15(24)27-18(4,5)6)19-16(25)28-20-12(21)8-9-13(20)22/h11H,7-10H2,1-6H3,(H,19,25)/t11-/m0/s1. The van der Waals surface area contributed by atoms with Crippen LogP contribution in [0.25, 0.3) is 0 Å². The van der Waals surface area contributed by atoms with E-state index in [-0.39, 0.29) is 25.7 Å². The molecule has 1 fully saturated rings. The van der Waals surface area contributed by atoms with Crippen molar-refractivity contribution < 1.29 is 38.3 Å². The zero-order chi connectivity index (χ0) is 21.7. The quantitative estimate of drug-likeness (QED) is 0.526. The first-order valence-electron chi connectivity index (χ1n) is 8.97. The zero-order valence-electron chi connectivity index (χ0n) is 17.1. The van der Waals surface area contributed by atoms with Crippen LogP contribution in [0.5, 0.6) is 0 Å². The molecule has 0 aromatic rings. The van der Waals surface area contributed by atoms with E-state index in [1.54, 1.807) is 41.5 Å². The van der Waals surface area contributed by atoms with Crippen molar-refractivity contribution in [2.75, 3.05) is 0 Å². The molecule has 1 saturated heterocycles. The molecule has 158 valence electrons. The molecular formula is C18H28N2O8. The van der Waals surface area contributed by atoms with E-state index >= 15 is 0 Å². The van der Waals surface area contributed by atoms with Gasteiger partial charge < -0.3 is 19.6 Å². The van der Waals surface area contributed by atoms with Crippen LogP contribution in [-0.2, 0) is 33.5 Å². The van der Waals surface area contributed by atoms with Crippen molar-refractivity contribution >= 4 is 29.8 Å². The van der Waals surface area contributed by atoms with Crippen molar-refractivity contribution in [3.05, 3.63) is 0 Å². The van der Waals surface area contributed by atoms with Crippen molar-refractivity contribution in [2.24, 2.45) is 0 Å². The first kappa shape index (κ1) is 23.4. The van der Waals surface area contributed by atoms with Gasteiger partial charge in [-0.15, -0.1) is 5.06 Å². The summed E-state index contributed by atoms with van der Waals surface area (Å²) < 4.78 is 10.4. The molecule has 3 amide bonds. The number of carbonyl (C=O) groups is 5. The van der Waals surface area contributed by atoms with Crippen LogP contribution in [-0.4, -0.2) is 52.2 Å². The summed E-state index contributed by atoms with van der Waals surface area (Å²) in [7, 11) is 0. The minimum absolute atomic E-state index is 0.0553. The maximum Gasteiger partial charge on any atom is 0.432 e. The lowest BCUT2D eigenvalue weighted by Crippen LogP contribution is -2.47. The van der Waals surface area contributed by atoms with E-state index in [1.807, 2.05) is 0 Å². The first-order valence-corrected chi connectivity index (χ1v) is 8.97. The average molecular weight is 400 g/mol. The second-order valence-electron chi connectivity index (χ2n) is 8.32. The topological polar surface area (TPSA) is 128 Å². The van der Waals surface area contributed by atoms with Crippen LogP contribution in [0, 0.1) is 0 Å². The molecule has 0 aliphatic carbocycles. The zero-order valence-corrected chi connectivity index (χ0v) is 17.1. The second kappa shape index (κ2) is 9.03. The van der Waals surface area contributed by atoms with Gasteiger partial charge >= 0.3 is 18.0 Å². The van der Waals surface area contributed by atoms with E-state index in [9.17, 15) is 24.0 Å². The van der Waals surface area contributed by atoms with Crippen LogP contribution in [0.3, 0.4) is 0 Å². The third kappa shape index (κ3) is 8.36. The molecule has 0 aromatic heterocycles. The van der Waals surface area contributed by atoms with Gasteiger partial charge in [0.2, 0.25) is 0 Å². The molecule has 0 aromatic carbocycles. The first-order chi connectivity index (χ1) is 12.7. The minimum atomic E-state index is -1.23. The summed E-state index contributed by atoms with van der Waals surface area (Å²) in [6.07, 6.45) is -1.56. The van der Waals surface area contributed by atoms with E-state index in [4.69, 9.17) is 14.3 Å². The highest BCUT2D eigenvalue weighted by atomic mass is 16.7. The number of carbonyl (C=O) groups excluding carboxylic acids is 5. The summed E-state index contributed by atoms with van der Waals surface area (Å²) in [5, 5.41) is 2.59. The summed E-state index contributed by atoms with van der Waals surface area (Å²) in [6, 6.07) is -1.23. The Bertz CT molecular complexity index is 629. The number of hydrogen-bond donors (Lipinski definition) is 1. The number of hydrogen-bond acceptors (Lipinski definition) is 8. The molecular weight excluding hydrogens is 372 g/mol. The summed E-state index contributed by atoms with van der Waals surface area (Å²) in [5.74, 6) is -2.64. The second-order valence-corrected chi connectivity index (χ2v) is 8.32. The number of esters is 2.